The van der Waals surface area contributed by atoms with E-state index in [9.17, 15) is 15.0 Å². The molecule has 0 radical (unpaired) electrons. The summed E-state index contributed by atoms with van der Waals surface area (Å²) < 4.78 is 5.03. The van der Waals surface area contributed by atoms with Crippen molar-refractivity contribution in [2.45, 2.75) is 38.4 Å². The predicted molar refractivity (Wildman–Crippen MR) is 75.2 cm³/mol. The molecule has 2 atom stereocenters. The first-order chi connectivity index (χ1) is 9.41. The van der Waals surface area contributed by atoms with Crippen LogP contribution in [0.25, 0.3) is 0 Å². The summed E-state index contributed by atoms with van der Waals surface area (Å²) in [5.74, 6) is -0.166. The molecule has 0 bridgehead atoms. The predicted octanol–water partition coefficient (Wildman–Crippen LogP) is 0.808. The molecule has 1 aliphatic heterocycles. The Labute approximate surface area is 122 Å². The Hall–Kier alpha value is -1.18. The maximum atomic E-state index is 12.4. The largest absolute Gasteiger partial charge is 0.473 e. The third kappa shape index (κ3) is 2.65. The number of carbonyl (C=O) groups is 1. The van der Waals surface area contributed by atoms with Gasteiger partial charge < -0.3 is 19.8 Å². The van der Waals surface area contributed by atoms with Gasteiger partial charge in [-0.2, -0.15) is 0 Å². The van der Waals surface area contributed by atoms with Crippen LogP contribution in [0, 0.1) is 6.92 Å². The molecule has 1 aromatic rings. The van der Waals surface area contributed by atoms with Gasteiger partial charge in [-0.3, -0.25) is 4.79 Å². The van der Waals surface area contributed by atoms with E-state index in [4.69, 9.17) is 4.74 Å². The fourth-order valence-electron chi connectivity index (χ4n) is 2.36. The minimum Gasteiger partial charge on any atom is -0.473 e. The van der Waals surface area contributed by atoms with Gasteiger partial charge in [-0.25, -0.2) is 4.98 Å². The Morgan fingerprint density at radius 3 is 2.85 bits per heavy atom. The van der Waals surface area contributed by atoms with E-state index in [-0.39, 0.29) is 12.5 Å². The van der Waals surface area contributed by atoms with E-state index in [2.05, 4.69) is 4.98 Å². The number of hydrogen-bond acceptors (Lipinski definition) is 6. The Bertz CT molecular complexity index is 505. The van der Waals surface area contributed by atoms with E-state index in [1.54, 1.807) is 11.8 Å². The zero-order chi connectivity index (χ0) is 14.9. The number of rotatable bonds is 3. The number of methoxy groups -OCH3 is 1. The van der Waals surface area contributed by atoms with E-state index < -0.39 is 11.7 Å². The molecule has 0 aromatic carbocycles. The van der Waals surface area contributed by atoms with Crippen molar-refractivity contribution in [2.24, 2.45) is 0 Å². The Balaban J connectivity index is 2.13. The number of aliphatic hydroxyl groups excluding tert-OH is 1. The molecule has 1 aromatic heterocycles. The molecule has 1 aliphatic rings. The number of piperidine rings is 1. The number of amides is 1. The van der Waals surface area contributed by atoms with Crippen LogP contribution in [-0.4, -0.2) is 57.9 Å². The lowest BCUT2D eigenvalue weighted by Gasteiger charge is -2.41. The summed E-state index contributed by atoms with van der Waals surface area (Å²) in [5, 5.41) is 20.7. The molecule has 2 unspecified atom stereocenters. The molecule has 2 rings (SSSR count). The first-order valence-corrected chi connectivity index (χ1v) is 7.44. The maximum Gasteiger partial charge on any atom is 0.273 e. The Morgan fingerprint density at radius 1 is 1.65 bits per heavy atom. The van der Waals surface area contributed by atoms with Gasteiger partial charge in [0.1, 0.15) is 11.0 Å². The fraction of sp³-hybridized carbons (Fsp3) is 0.692. The quantitative estimate of drug-likeness (QED) is 0.863. The number of hydrogen-bond donors (Lipinski definition) is 2. The first-order valence-electron chi connectivity index (χ1n) is 6.62. The van der Waals surface area contributed by atoms with Gasteiger partial charge in [0.15, 0.2) is 0 Å². The van der Waals surface area contributed by atoms with Crippen LogP contribution in [0.2, 0.25) is 0 Å². The normalized spacial score (nSPS) is 26.6. The van der Waals surface area contributed by atoms with Crippen molar-refractivity contribution in [1.82, 2.24) is 9.88 Å². The number of thiazole rings is 1. The van der Waals surface area contributed by atoms with E-state index >= 15 is 0 Å². The highest BCUT2D eigenvalue weighted by atomic mass is 32.1. The highest BCUT2D eigenvalue weighted by Gasteiger charge is 2.41. The fourth-order valence-corrected chi connectivity index (χ4v) is 3.21. The second kappa shape index (κ2) is 5.67. The second-order valence-corrected chi connectivity index (χ2v) is 6.03. The number of nitrogens with zero attached hydrogens (tertiary/aromatic N) is 2. The summed E-state index contributed by atoms with van der Waals surface area (Å²) >= 11 is 1.20. The smallest absolute Gasteiger partial charge is 0.273 e. The number of aliphatic hydroxyl groups is 2. The molecule has 1 saturated heterocycles. The number of β-amino-alcohol motifs (C(OH)–C–C–N with tert-alkyl or cyclic N) is 1. The van der Waals surface area contributed by atoms with Gasteiger partial charge in [0.05, 0.1) is 18.4 Å². The molecule has 7 heteroatoms. The highest BCUT2D eigenvalue weighted by Crippen LogP contribution is 2.30. The number of ether oxygens (including phenoxy) is 1. The molecule has 2 N–H and O–H groups in total. The van der Waals surface area contributed by atoms with Gasteiger partial charge in [-0.15, -0.1) is 0 Å². The van der Waals surface area contributed by atoms with Crippen molar-refractivity contribution in [3.8, 4) is 5.19 Å². The topological polar surface area (TPSA) is 82.9 Å². The summed E-state index contributed by atoms with van der Waals surface area (Å²) in [6.07, 6.45) is -0.0602. The van der Waals surface area contributed by atoms with Gasteiger partial charge in [0, 0.05) is 13.1 Å². The molecule has 0 saturated carbocycles. The monoisotopic (exact) mass is 300 g/mol. The number of aromatic nitrogens is 1. The molecular formula is C13H20N2O4S. The molecule has 20 heavy (non-hydrogen) atoms. The minimum absolute atomic E-state index is 0.142. The maximum absolute atomic E-state index is 12.4. The van der Waals surface area contributed by atoms with E-state index in [1.165, 1.54) is 18.4 Å². The van der Waals surface area contributed by atoms with Crippen LogP contribution in [0.15, 0.2) is 0 Å². The average Bonchev–Trinajstić information content (AvgIpc) is 2.82. The molecule has 0 spiro atoms. The highest BCUT2D eigenvalue weighted by molar-refractivity contribution is 7.15. The molecule has 0 aliphatic carbocycles. The van der Waals surface area contributed by atoms with E-state index in [0.29, 0.717) is 35.2 Å². The van der Waals surface area contributed by atoms with Crippen LogP contribution < -0.4 is 4.74 Å². The van der Waals surface area contributed by atoms with E-state index in [0.717, 1.165) is 0 Å². The van der Waals surface area contributed by atoms with Gasteiger partial charge in [-0.1, -0.05) is 18.3 Å². The number of likely N-dealkylation sites (tertiary alicyclic amines) is 1. The number of carbonyl (C=O) groups excluding carboxylic acids is 1. The third-order valence-corrected chi connectivity index (χ3v) is 4.98. The SMILES string of the molecule is CCC1(O)CCN(C(=O)c2sc(OC)nc2C)CC1O. The van der Waals surface area contributed by atoms with E-state index in [1.807, 2.05) is 6.92 Å². The zero-order valence-corrected chi connectivity index (χ0v) is 12.7. The van der Waals surface area contributed by atoms with Crippen molar-refractivity contribution in [2.75, 3.05) is 20.2 Å². The average molecular weight is 300 g/mol. The lowest BCUT2D eigenvalue weighted by molar-refractivity contribution is -0.114. The summed E-state index contributed by atoms with van der Waals surface area (Å²) in [5.41, 5.74) is -0.459. The third-order valence-electron chi connectivity index (χ3n) is 3.87. The van der Waals surface area contributed by atoms with Gasteiger partial charge in [0.25, 0.3) is 11.1 Å². The van der Waals surface area contributed by atoms with Crippen molar-refractivity contribution in [3.63, 3.8) is 0 Å². The molecule has 6 nitrogen and oxygen atoms in total. The lowest BCUT2D eigenvalue weighted by Crippen LogP contribution is -2.56. The summed E-state index contributed by atoms with van der Waals surface area (Å²) in [6, 6.07) is 0. The Kier molecular flexibility index (Phi) is 4.31. The summed E-state index contributed by atoms with van der Waals surface area (Å²) in [7, 11) is 1.51. The van der Waals surface area contributed by atoms with Crippen molar-refractivity contribution in [1.29, 1.82) is 0 Å². The minimum atomic E-state index is -1.09. The van der Waals surface area contributed by atoms with Crippen molar-refractivity contribution < 1.29 is 19.7 Å². The summed E-state index contributed by atoms with van der Waals surface area (Å²) in [4.78, 5) is 18.7. The Morgan fingerprint density at radius 2 is 2.35 bits per heavy atom. The summed E-state index contributed by atoms with van der Waals surface area (Å²) in [6.45, 7) is 4.16. The van der Waals surface area contributed by atoms with Crippen LogP contribution in [0.5, 0.6) is 5.19 Å². The first kappa shape index (κ1) is 15.2. The molecular weight excluding hydrogens is 280 g/mol. The zero-order valence-electron chi connectivity index (χ0n) is 11.9. The standard InChI is InChI=1S/C13H20N2O4S/c1-4-13(18)5-6-15(7-9(13)16)11(17)10-8(2)14-12(19-3)20-10/h9,16,18H,4-7H2,1-3H3. The number of aryl methyl sites for hydroxylation is 1. The van der Waals surface area contributed by atoms with Crippen LogP contribution in [0.3, 0.4) is 0 Å². The molecule has 1 amide bonds. The van der Waals surface area contributed by atoms with Crippen LogP contribution in [-0.2, 0) is 0 Å². The van der Waals surface area contributed by atoms with Crippen LogP contribution >= 0.6 is 11.3 Å². The molecule has 1 fully saturated rings. The van der Waals surface area contributed by atoms with Crippen LogP contribution in [0.1, 0.15) is 35.1 Å². The van der Waals surface area contributed by atoms with Gasteiger partial charge in [0.2, 0.25) is 0 Å². The molecule has 112 valence electrons. The van der Waals surface area contributed by atoms with Gasteiger partial charge >= 0.3 is 0 Å². The molecule has 2 heterocycles. The van der Waals surface area contributed by atoms with Crippen molar-refractivity contribution >= 4 is 17.2 Å². The van der Waals surface area contributed by atoms with Crippen LogP contribution in [0.4, 0.5) is 0 Å². The van der Waals surface area contributed by atoms with Gasteiger partial charge in [-0.05, 0) is 19.8 Å². The second-order valence-electron chi connectivity index (χ2n) is 5.07. The lowest BCUT2D eigenvalue weighted by atomic mass is 9.86. The van der Waals surface area contributed by atoms with Crippen molar-refractivity contribution in [3.05, 3.63) is 10.6 Å².